The monoisotopic (exact) mass is 275 g/mol. The molecule has 1 aromatic rings. The minimum absolute atomic E-state index is 0.512. The van der Waals surface area contributed by atoms with Crippen molar-refractivity contribution in [1.29, 1.82) is 0 Å². The number of benzene rings is 1. The number of fused-ring (bicyclic) bond motifs is 1. The highest BCUT2D eigenvalue weighted by atomic mass is 16.5. The van der Waals surface area contributed by atoms with Crippen LogP contribution in [0.15, 0.2) is 18.2 Å². The molecule has 1 aliphatic rings. The van der Waals surface area contributed by atoms with E-state index in [0.717, 1.165) is 19.8 Å². The van der Waals surface area contributed by atoms with Crippen LogP contribution in [-0.4, -0.2) is 6.54 Å². The maximum atomic E-state index is 5.52. The Bertz CT molecular complexity index is 402. The minimum atomic E-state index is 0.512. The lowest BCUT2D eigenvalue weighted by molar-refractivity contribution is 0.134. The van der Waals surface area contributed by atoms with Crippen molar-refractivity contribution in [2.24, 2.45) is 0 Å². The van der Waals surface area contributed by atoms with Gasteiger partial charge in [-0.3, -0.25) is 0 Å². The lowest BCUT2D eigenvalue weighted by atomic mass is 9.96. The summed E-state index contributed by atoms with van der Waals surface area (Å²) in [5.74, 6) is 0. The SMILES string of the molecule is CCCCCCC(NCCC)c1ccc2c(c1)COC2. The molecule has 1 aromatic carbocycles. The fraction of sp³-hybridized carbons (Fsp3) is 0.667. The van der Waals surface area contributed by atoms with Crippen molar-refractivity contribution in [2.45, 2.75) is 71.6 Å². The van der Waals surface area contributed by atoms with E-state index in [1.54, 1.807) is 0 Å². The number of hydrogen-bond acceptors (Lipinski definition) is 2. The molecule has 1 heterocycles. The standard InChI is InChI=1S/C18H29NO/c1-3-5-6-7-8-18(19-11-4-2)15-9-10-16-13-20-14-17(16)12-15/h9-10,12,18-19H,3-8,11,13-14H2,1-2H3. The predicted molar refractivity (Wildman–Crippen MR) is 84.7 cm³/mol. The lowest BCUT2D eigenvalue weighted by Crippen LogP contribution is -2.22. The Balaban J connectivity index is 1.97. The Morgan fingerprint density at radius 2 is 1.90 bits per heavy atom. The van der Waals surface area contributed by atoms with Crippen molar-refractivity contribution in [3.8, 4) is 0 Å². The molecular weight excluding hydrogens is 246 g/mol. The fourth-order valence-electron chi connectivity index (χ4n) is 2.89. The van der Waals surface area contributed by atoms with Gasteiger partial charge in [-0.2, -0.15) is 0 Å². The van der Waals surface area contributed by atoms with E-state index in [0.29, 0.717) is 6.04 Å². The van der Waals surface area contributed by atoms with Gasteiger partial charge in [0.15, 0.2) is 0 Å². The van der Waals surface area contributed by atoms with Crippen LogP contribution in [-0.2, 0) is 18.0 Å². The summed E-state index contributed by atoms with van der Waals surface area (Å²) in [4.78, 5) is 0. The highest BCUT2D eigenvalue weighted by Crippen LogP contribution is 2.26. The normalized spacial score (nSPS) is 15.3. The lowest BCUT2D eigenvalue weighted by Gasteiger charge is -2.20. The van der Waals surface area contributed by atoms with Gasteiger partial charge in [-0.15, -0.1) is 0 Å². The van der Waals surface area contributed by atoms with Crippen LogP contribution in [0.5, 0.6) is 0 Å². The first-order valence-electron chi connectivity index (χ1n) is 8.28. The van der Waals surface area contributed by atoms with Gasteiger partial charge in [-0.25, -0.2) is 0 Å². The van der Waals surface area contributed by atoms with Gasteiger partial charge in [0.2, 0.25) is 0 Å². The number of unbranched alkanes of at least 4 members (excludes halogenated alkanes) is 3. The summed E-state index contributed by atoms with van der Waals surface area (Å²) in [7, 11) is 0. The molecule has 0 aromatic heterocycles. The Morgan fingerprint density at radius 3 is 2.70 bits per heavy atom. The average Bonchev–Trinajstić information content (AvgIpc) is 2.94. The first-order valence-corrected chi connectivity index (χ1v) is 8.28. The molecule has 1 atom stereocenters. The summed E-state index contributed by atoms with van der Waals surface area (Å²) in [5, 5.41) is 3.71. The van der Waals surface area contributed by atoms with E-state index < -0.39 is 0 Å². The smallest absolute Gasteiger partial charge is 0.0725 e. The number of hydrogen-bond donors (Lipinski definition) is 1. The summed E-state index contributed by atoms with van der Waals surface area (Å²) in [5.41, 5.74) is 4.20. The third kappa shape index (κ3) is 4.32. The molecular formula is C18H29NO. The molecule has 0 aliphatic carbocycles. The van der Waals surface area contributed by atoms with Gasteiger partial charge in [-0.1, -0.05) is 57.7 Å². The van der Waals surface area contributed by atoms with E-state index in [9.17, 15) is 0 Å². The van der Waals surface area contributed by atoms with Crippen molar-refractivity contribution in [2.75, 3.05) is 6.54 Å². The molecule has 1 unspecified atom stereocenters. The second-order valence-corrected chi connectivity index (χ2v) is 5.88. The molecule has 1 N–H and O–H groups in total. The van der Waals surface area contributed by atoms with Crippen molar-refractivity contribution in [1.82, 2.24) is 5.32 Å². The highest BCUT2D eigenvalue weighted by molar-refractivity contribution is 5.34. The van der Waals surface area contributed by atoms with E-state index in [2.05, 4.69) is 37.4 Å². The van der Waals surface area contributed by atoms with Crippen LogP contribution in [0.3, 0.4) is 0 Å². The molecule has 0 saturated heterocycles. The van der Waals surface area contributed by atoms with Crippen molar-refractivity contribution >= 4 is 0 Å². The van der Waals surface area contributed by atoms with Gasteiger partial charge in [0, 0.05) is 6.04 Å². The zero-order chi connectivity index (χ0) is 14.2. The quantitative estimate of drug-likeness (QED) is 0.658. The van der Waals surface area contributed by atoms with E-state index in [1.165, 1.54) is 55.2 Å². The second-order valence-electron chi connectivity index (χ2n) is 5.88. The molecule has 0 amide bonds. The largest absolute Gasteiger partial charge is 0.372 e. The summed E-state index contributed by atoms with van der Waals surface area (Å²) in [6.45, 7) is 7.19. The van der Waals surface area contributed by atoms with E-state index in [-0.39, 0.29) is 0 Å². The van der Waals surface area contributed by atoms with E-state index in [4.69, 9.17) is 4.74 Å². The van der Waals surface area contributed by atoms with Crippen LogP contribution >= 0.6 is 0 Å². The first-order chi connectivity index (χ1) is 9.85. The molecule has 1 aliphatic heterocycles. The Labute approximate surface area is 123 Å². The summed E-state index contributed by atoms with van der Waals surface area (Å²) in [6.07, 6.45) is 7.79. The zero-order valence-electron chi connectivity index (χ0n) is 13.1. The predicted octanol–water partition coefficient (Wildman–Crippen LogP) is 4.73. The van der Waals surface area contributed by atoms with Gasteiger partial charge in [0.25, 0.3) is 0 Å². The Morgan fingerprint density at radius 1 is 1.05 bits per heavy atom. The molecule has 0 saturated carbocycles. The zero-order valence-corrected chi connectivity index (χ0v) is 13.1. The molecule has 112 valence electrons. The maximum absolute atomic E-state index is 5.52. The maximum Gasteiger partial charge on any atom is 0.0725 e. The molecule has 0 fully saturated rings. The molecule has 0 radical (unpaired) electrons. The molecule has 0 spiro atoms. The topological polar surface area (TPSA) is 21.3 Å². The number of ether oxygens (including phenoxy) is 1. The molecule has 20 heavy (non-hydrogen) atoms. The Hall–Kier alpha value is -0.860. The van der Waals surface area contributed by atoms with Crippen molar-refractivity contribution < 1.29 is 4.74 Å². The summed E-state index contributed by atoms with van der Waals surface area (Å²) >= 11 is 0. The van der Waals surface area contributed by atoms with Gasteiger partial charge in [0.05, 0.1) is 13.2 Å². The summed E-state index contributed by atoms with van der Waals surface area (Å²) in [6, 6.07) is 7.42. The van der Waals surface area contributed by atoms with Crippen LogP contribution < -0.4 is 5.32 Å². The first kappa shape index (κ1) is 15.5. The molecule has 0 bridgehead atoms. The van der Waals surface area contributed by atoms with Crippen LogP contribution in [0.2, 0.25) is 0 Å². The molecule has 2 nitrogen and oxygen atoms in total. The van der Waals surface area contributed by atoms with Crippen LogP contribution in [0, 0.1) is 0 Å². The van der Waals surface area contributed by atoms with Crippen LogP contribution in [0.1, 0.15) is 75.1 Å². The fourth-order valence-corrected chi connectivity index (χ4v) is 2.89. The van der Waals surface area contributed by atoms with Gasteiger partial charge >= 0.3 is 0 Å². The van der Waals surface area contributed by atoms with Gasteiger partial charge in [0.1, 0.15) is 0 Å². The summed E-state index contributed by atoms with van der Waals surface area (Å²) < 4.78 is 5.52. The van der Waals surface area contributed by atoms with Crippen LogP contribution in [0.25, 0.3) is 0 Å². The molecule has 2 rings (SSSR count). The van der Waals surface area contributed by atoms with Gasteiger partial charge < -0.3 is 10.1 Å². The molecule has 2 heteroatoms. The number of nitrogens with one attached hydrogen (secondary N) is 1. The van der Waals surface area contributed by atoms with E-state index >= 15 is 0 Å². The second kappa shape index (κ2) is 8.43. The van der Waals surface area contributed by atoms with Crippen molar-refractivity contribution in [3.63, 3.8) is 0 Å². The van der Waals surface area contributed by atoms with Crippen molar-refractivity contribution in [3.05, 3.63) is 34.9 Å². The third-order valence-corrected chi connectivity index (χ3v) is 4.13. The van der Waals surface area contributed by atoms with Gasteiger partial charge in [-0.05, 0) is 36.1 Å². The number of rotatable bonds is 9. The average molecular weight is 275 g/mol. The highest BCUT2D eigenvalue weighted by Gasteiger charge is 2.15. The van der Waals surface area contributed by atoms with E-state index in [1.807, 2.05) is 0 Å². The Kier molecular flexibility index (Phi) is 6.55. The minimum Gasteiger partial charge on any atom is -0.372 e. The van der Waals surface area contributed by atoms with Crippen LogP contribution in [0.4, 0.5) is 0 Å². The third-order valence-electron chi connectivity index (χ3n) is 4.13.